The molecule has 0 unspecified atom stereocenters. The summed E-state index contributed by atoms with van der Waals surface area (Å²) < 4.78 is 7.01. The van der Waals surface area contributed by atoms with E-state index >= 15 is 0 Å². The molecular formula is C23H25N3O4S. The Morgan fingerprint density at radius 2 is 1.97 bits per heavy atom. The fourth-order valence-corrected chi connectivity index (χ4v) is 3.65. The molecule has 8 heteroatoms. The number of aryl methyl sites for hydroxylation is 2. The number of nitrogens with zero attached hydrogens (tertiary/aromatic N) is 2. The largest absolute Gasteiger partial charge is 0.459 e. The summed E-state index contributed by atoms with van der Waals surface area (Å²) in [6.07, 6.45) is 2.12. The van der Waals surface area contributed by atoms with Crippen LogP contribution in [0, 0.1) is 13.8 Å². The highest BCUT2D eigenvalue weighted by Crippen LogP contribution is 2.23. The van der Waals surface area contributed by atoms with Crippen molar-refractivity contribution >= 4 is 23.6 Å². The van der Waals surface area contributed by atoms with Gasteiger partial charge in [0.15, 0.2) is 11.3 Å². The van der Waals surface area contributed by atoms with Gasteiger partial charge in [-0.25, -0.2) is 9.78 Å². The monoisotopic (exact) mass is 439 g/mol. The lowest BCUT2D eigenvalue weighted by molar-refractivity contribution is -0.154. The molecule has 2 N–H and O–H groups in total. The van der Waals surface area contributed by atoms with Crippen LogP contribution >= 0.6 is 11.8 Å². The van der Waals surface area contributed by atoms with Crippen LogP contribution in [0.4, 0.5) is 0 Å². The molecule has 3 aromatic rings. The Kier molecular flexibility index (Phi) is 7.86. The lowest BCUT2D eigenvalue weighted by Gasteiger charge is -2.13. The molecule has 7 nitrogen and oxygen atoms in total. The normalized spacial score (nSPS) is 11.7. The van der Waals surface area contributed by atoms with Gasteiger partial charge in [0, 0.05) is 12.4 Å². The number of aliphatic hydroxyl groups is 1. The molecule has 3 rings (SSSR count). The number of carbonyl (C=O) groups is 2. The maximum absolute atomic E-state index is 12.2. The number of rotatable bonds is 9. The molecule has 2 aromatic carbocycles. The first kappa shape index (κ1) is 22.6. The van der Waals surface area contributed by atoms with Crippen LogP contribution in [0.25, 0.3) is 5.69 Å². The van der Waals surface area contributed by atoms with E-state index in [1.54, 1.807) is 6.20 Å². The van der Waals surface area contributed by atoms with E-state index in [0.717, 1.165) is 22.4 Å². The number of hydrogen-bond acceptors (Lipinski definition) is 6. The molecule has 0 aliphatic carbocycles. The molecule has 0 aliphatic rings. The molecule has 0 spiro atoms. The average Bonchev–Trinajstić information content (AvgIpc) is 3.25. The molecular weight excluding hydrogens is 414 g/mol. The Bertz CT molecular complexity index is 1040. The van der Waals surface area contributed by atoms with E-state index in [0.29, 0.717) is 5.16 Å². The Balaban J connectivity index is 1.46. The van der Waals surface area contributed by atoms with Gasteiger partial charge in [-0.1, -0.05) is 54.2 Å². The second-order valence-electron chi connectivity index (χ2n) is 7.07. The lowest BCUT2D eigenvalue weighted by Crippen LogP contribution is -2.38. The second-order valence-corrected chi connectivity index (χ2v) is 8.01. The summed E-state index contributed by atoms with van der Waals surface area (Å²) in [5.74, 6) is -0.981. The number of amides is 1. The minimum Gasteiger partial charge on any atom is -0.459 e. The fourth-order valence-electron chi connectivity index (χ4n) is 2.86. The molecule has 0 saturated carbocycles. The molecule has 0 saturated heterocycles. The standard InChI is InChI=1S/C23H25N3O4S/c1-16-8-9-17(2)19(12-16)26-11-10-24-23(26)31-15-21(28)25-13-20(27)22(29)30-14-18-6-4-3-5-7-18/h3-12,20,27H,13-15H2,1-2H3,(H,25,28)/t20-/m0/s1. The van der Waals surface area contributed by atoms with Gasteiger partial charge in [0.2, 0.25) is 5.91 Å². The van der Waals surface area contributed by atoms with Crippen molar-refractivity contribution in [2.24, 2.45) is 0 Å². The van der Waals surface area contributed by atoms with Crippen LogP contribution in [0.1, 0.15) is 16.7 Å². The van der Waals surface area contributed by atoms with Crippen LogP contribution < -0.4 is 5.32 Å². The highest BCUT2D eigenvalue weighted by molar-refractivity contribution is 7.99. The first-order valence-electron chi connectivity index (χ1n) is 9.83. The lowest BCUT2D eigenvalue weighted by atomic mass is 10.1. The summed E-state index contributed by atoms with van der Waals surface area (Å²) in [6, 6.07) is 15.3. The van der Waals surface area contributed by atoms with Crippen LogP contribution in [-0.2, 0) is 20.9 Å². The molecule has 1 atom stereocenters. The zero-order valence-corrected chi connectivity index (χ0v) is 18.3. The maximum atomic E-state index is 12.2. The van der Waals surface area contributed by atoms with Crippen LogP contribution in [0.5, 0.6) is 0 Å². The third-order valence-corrected chi connectivity index (χ3v) is 5.52. The first-order valence-corrected chi connectivity index (χ1v) is 10.8. The van der Waals surface area contributed by atoms with E-state index in [4.69, 9.17) is 4.74 Å². The van der Waals surface area contributed by atoms with Crippen molar-refractivity contribution in [3.05, 3.63) is 77.6 Å². The number of aliphatic hydroxyl groups excluding tert-OH is 1. The molecule has 0 radical (unpaired) electrons. The van der Waals surface area contributed by atoms with Gasteiger partial charge >= 0.3 is 5.97 Å². The number of carbonyl (C=O) groups excluding carboxylic acids is 2. The van der Waals surface area contributed by atoms with E-state index in [2.05, 4.69) is 16.4 Å². The van der Waals surface area contributed by atoms with Gasteiger partial charge in [0.1, 0.15) is 6.61 Å². The average molecular weight is 440 g/mol. The van der Waals surface area contributed by atoms with Crippen LogP contribution in [0.3, 0.4) is 0 Å². The third kappa shape index (κ3) is 6.44. The number of nitrogens with one attached hydrogen (secondary N) is 1. The Labute approximate surface area is 185 Å². The molecule has 1 amide bonds. The highest BCUT2D eigenvalue weighted by Gasteiger charge is 2.18. The Morgan fingerprint density at radius 3 is 2.74 bits per heavy atom. The predicted octanol–water partition coefficient (Wildman–Crippen LogP) is 2.80. The van der Waals surface area contributed by atoms with Gasteiger partial charge in [-0.3, -0.25) is 9.36 Å². The summed E-state index contributed by atoms with van der Waals surface area (Å²) in [4.78, 5) is 28.4. The molecule has 1 heterocycles. The number of imidazole rings is 1. The van der Waals surface area contributed by atoms with E-state index in [9.17, 15) is 14.7 Å². The smallest absolute Gasteiger partial charge is 0.337 e. The van der Waals surface area contributed by atoms with Gasteiger partial charge in [0.05, 0.1) is 18.0 Å². The SMILES string of the molecule is Cc1ccc(C)c(-n2ccnc2SCC(=O)NC[C@H](O)C(=O)OCc2ccccc2)c1. The quantitative estimate of drug-likeness (QED) is 0.393. The minimum atomic E-state index is -1.42. The predicted molar refractivity (Wildman–Crippen MR) is 119 cm³/mol. The molecule has 0 aliphatic heterocycles. The number of aromatic nitrogens is 2. The summed E-state index contributed by atoms with van der Waals surface area (Å²) in [6.45, 7) is 3.91. The van der Waals surface area contributed by atoms with Crippen molar-refractivity contribution in [2.75, 3.05) is 12.3 Å². The molecule has 1 aromatic heterocycles. The van der Waals surface area contributed by atoms with E-state index in [1.807, 2.05) is 67.1 Å². The number of benzene rings is 2. The number of esters is 1. The van der Waals surface area contributed by atoms with Crippen LogP contribution in [0.2, 0.25) is 0 Å². The van der Waals surface area contributed by atoms with Gasteiger partial charge in [0.25, 0.3) is 0 Å². The summed E-state index contributed by atoms with van der Waals surface area (Å²) >= 11 is 1.28. The second kappa shape index (κ2) is 10.8. The van der Waals surface area contributed by atoms with Crippen molar-refractivity contribution in [2.45, 2.75) is 31.7 Å². The van der Waals surface area contributed by atoms with E-state index in [-0.39, 0.29) is 24.8 Å². The zero-order valence-electron chi connectivity index (χ0n) is 17.4. The highest BCUT2D eigenvalue weighted by atomic mass is 32.2. The third-order valence-electron chi connectivity index (χ3n) is 4.55. The number of thioether (sulfide) groups is 1. The molecule has 0 fully saturated rings. The minimum absolute atomic E-state index is 0.0710. The number of hydrogen-bond donors (Lipinski definition) is 2. The molecule has 31 heavy (non-hydrogen) atoms. The van der Waals surface area contributed by atoms with Crippen molar-refractivity contribution in [1.29, 1.82) is 0 Å². The van der Waals surface area contributed by atoms with Crippen LogP contribution in [-0.4, -0.2) is 44.9 Å². The summed E-state index contributed by atoms with van der Waals surface area (Å²) in [5, 5.41) is 13.2. The van der Waals surface area contributed by atoms with E-state index < -0.39 is 12.1 Å². The van der Waals surface area contributed by atoms with Crippen molar-refractivity contribution in [3.8, 4) is 5.69 Å². The Hall–Kier alpha value is -3.10. The maximum Gasteiger partial charge on any atom is 0.337 e. The number of ether oxygens (including phenoxy) is 1. The molecule has 0 bridgehead atoms. The van der Waals surface area contributed by atoms with Crippen LogP contribution in [0.15, 0.2) is 66.1 Å². The summed E-state index contributed by atoms with van der Waals surface area (Å²) in [7, 11) is 0. The topological polar surface area (TPSA) is 93.5 Å². The van der Waals surface area contributed by atoms with Crippen molar-refractivity contribution in [1.82, 2.24) is 14.9 Å². The Morgan fingerprint density at radius 1 is 1.19 bits per heavy atom. The molecule has 162 valence electrons. The van der Waals surface area contributed by atoms with Gasteiger partial charge in [-0.15, -0.1) is 0 Å². The van der Waals surface area contributed by atoms with Crippen molar-refractivity contribution < 1.29 is 19.4 Å². The van der Waals surface area contributed by atoms with Gasteiger partial charge in [-0.05, 0) is 36.6 Å². The van der Waals surface area contributed by atoms with Crippen molar-refractivity contribution in [3.63, 3.8) is 0 Å². The van der Waals surface area contributed by atoms with Gasteiger partial charge in [-0.2, -0.15) is 0 Å². The first-order chi connectivity index (χ1) is 14.9. The summed E-state index contributed by atoms with van der Waals surface area (Å²) in [5.41, 5.74) is 4.07. The zero-order chi connectivity index (χ0) is 22.2. The van der Waals surface area contributed by atoms with E-state index in [1.165, 1.54) is 11.8 Å². The fraction of sp³-hybridized carbons (Fsp3) is 0.261. The van der Waals surface area contributed by atoms with Gasteiger partial charge < -0.3 is 15.2 Å².